The van der Waals surface area contributed by atoms with Crippen molar-refractivity contribution in [1.29, 1.82) is 0 Å². The van der Waals surface area contributed by atoms with Crippen LogP contribution in [0.25, 0.3) is 0 Å². The smallest absolute Gasteiger partial charge is 0.119 e. The Hall–Kier alpha value is -1.10. The molecule has 1 aromatic carbocycles. The predicted octanol–water partition coefficient (Wildman–Crippen LogP) is 1.11. The van der Waals surface area contributed by atoms with Gasteiger partial charge in [0.25, 0.3) is 0 Å². The highest BCUT2D eigenvalue weighted by Crippen LogP contribution is 2.34. The molecule has 2 atom stereocenters. The van der Waals surface area contributed by atoms with E-state index in [0.717, 1.165) is 25.3 Å². The van der Waals surface area contributed by atoms with Crippen molar-refractivity contribution in [2.45, 2.75) is 18.5 Å². The monoisotopic (exact) mass is 263 g/mol. The van der Waals surface area contributed by atoms with Gasteiger partial charge in [-0.1, -0.05) is 6.07 Å². The molecule has 19 heavy (non-hydrogen) atoms. The van der Waals surface area contributed by atoms with Crippen molar-refractivity contribution >= 4 is 0 Å². The molecule has 4 nitrogen and oxygen atoms in total. The van der Waals surface area contributed by atoms with E-state index in [2.05, 4.69) is 43.1 Å². The molecule has 0 heterocycles. The summed E-state index contributed by atoms with van der Waals surface area (Å²) in [5.41, 5.74) is 9.00. The lowest BCUT2D eigenvalue weighted by molar-refractivity contribution is 0.201. The normalized spacial score (nSPS) is 22.1. The van der Waals surface area contributed by atoms with Gasteiger partial charge in [-0.15, -0.1) is 0 Å². The highest BCUT2D eigenvalue weighted by Gasteiger charge is 2.32. The van der Waals surface area contributed by atoms with Crippen LogP contribution in [0.4, 0.5) is 0 Å². The van der Waals surface area contributed by atoms with Crippen molar-refractivity contribution < 1.29 is 4.74 Å². The zero-order chi connectivity index (χ0) is 14.0. The van der Waals surface area contributed by atoms with Crippen molar-refractivity contribution in [3.05, 3.63) is 29.3 Å². The highest BCUT2D eigenvalue weighted by molar-refractivity contribution is 5.42. The Morgan fingerprint density at radius 1 is 1.26 bits per heavy atom. The third-order valence-electron chi connectivity index (χ3n) is 4.02. The minimum atomic E-state index is 0.0808. The molecule has 2 N–H and O–H groups in total. The van der Waals surface area contributed by atoms with Gasteiger partial charge < -0.3 is 15.4 Å². The zero-order valence-corrected chi connectivity index (χ0v) is 12.4. The van der Waals surface area contributed by atoms with Crippen LogP contribution in [0.3, 0.4) is 0 Å². The molecule has 1 aliphatic carbocycles. The van der Waals surface area contributed by atoms with Gasteiger partial charge >= 0.3 is 0 Å². The van der Waals surface area contributed by atoms with Gasteiger partial charge in [-0.25, -0.2) is 0 Å². The molecule has 2 unspecified atom stereocenters. The van der Waals surface area contributed by atoms with E-state index in [-0.39, 0.29) is 6.04 Å². The second-order valence-corrected chi connectivity index (χ2v) is 5.65. The number of hydrogen-bond donors (Lipinski definition) is 1. The molecule has 1 aromatic rings. The molecular weight excluding hydrogens is 238 g/mol. The minimum absolute atomic E-state index is 0.0808. The van der Waals surface area contributed by atoms with E-state index in [4.69, 9.17) is 10.5 Å². The molecule has 0 bridgehead atoms. The fraction of sp³-hybridized carbons (Fsp3) is 0.600. The van der Waals surface area contributed by atoms with Crippen LogP contribution < -0.4 is 10.5 Å². The first-order chi connectivity index (χ1) is 9.02. The van der Waals surface area contributed by atoms with Crippen LogP contribution in [0, 0.1) is 0 Å². The fourth-order valence-corrected chi connectivity index (χ4v) is 2.71. The largest absolute Gasteiger partial charge is 0.497 e. The Morgan fingerprint density at radius 3 is 2.63 bits per heavy atom. The Balaban J connectivity index is 2.07. The molecule has 0 saturated carbocycles. The number of benzene rings is 1. The summed E-state index contributed by atoms with van der Waals surface area (Å²) in [6.45, 7) is 2.09. The van der Waals surface area contributed by atoms with Gasteiger partial charge in [0.1, 0.15) is 5.75 Å². The molecule has 0 radical (unpaired) electrons. The number of nitrogens with zero attached hydrogens (tertiary/aromatic N) is 2. The number of rotatable bonds is 5. The maximum Gasteiger partial charge on any atom is 0.119 e. The van der Waals surface area contributed by atoms with E-state index < -0.39 is 0 Å². The van der Waals surface area contributed by atoms with Crippen LogP contribution in [0.5, 0.6) is 5.75 Å². The van der Waals surface area contributed by atoms with Crippen LogP contribution >= 0.6 is 0 Å². The van der Waals surface area contributed by atoms with Gasteiger partial charge in [0, 0.05) is 25.2 Å². The second-order valence-electron chi connectivity index (χ2n) is 5.65. The van der Waals surface area contributed by atoms with E-state index in [0.29, 0.717) is 6.04 Å². The van der Waals surface area contributed by atoms with Crippen molar-refractivity contribution in [2.75, 3.05) is 41.3 Å². The van der Waals surface area contributed by atoms with Crippen LogP contribution in [0.2, 0.25) is 0 Å². The fourth-order valence-electron chi connectivity index (χ4n) is 2.71. The first kappa shape index (κ1) is 14.3. The van der Waals surface area contributed by atoms with Crippen LogP contribution in [-0.4, -0.2) is 57.2 Å². The third kappa shape index (κ3) is 3.08. The van der Waals surface area contributed by atoms with Crippen molar-refractivity contribution in [2.24, 2.45) is 5.73 Å². The van der Waals surface area contributed by atoms with Crippen molar-refractivity contribution in [1.82, 2.24) is 9.80 Å². The quantitative estimate of drug-likeness (QED) is 0.864. The second kappa shape index (κ2) is 5.90. The summed E-state index contributed by atoms with van der Waals surface area (Å²) in [5.74, 6) is 0.894. The van der Waals surface area contributed by atoms with E-state index in [1.165, 1.54) is 11.1 Å². The molecule has 0 spiro atoms. The van der Waals surface area contributed by atoms with E-state index in [1.54, 1.807) is 7.11 Å². The number of ether oxygens (including phenoxy) is 1. The summed E-state index contributed by atoms with van der Waals surface area (Å²) in [5, 5.41) is 0. The molecular formula is C15H25N3O. The van der Waals surface area contributed by atoms with Crippen LogP contribution in [0.1, 0.15) is 17.2 Å². The summed E-state index contributed by atoms with van der Waals surface area (Å²) in [6, 6.07) is 6.72. The highest BCUT2D eigenvalue weighted by atomic mass is 16.5. The number of hydrogen-bond acceptors (Lipinski definition) is 4. The summed E-state index contributed by atoms with van der Waals surface area (Å²) in [7, 11) is 8.06. The van der Waals surface area contributed by atoms with Gasteiger partial charge in [-0.2, -0.15) is 0 Å². The summed E-state index contributed by atoms with van der Waals surface area (Å²) >= 11 is 0. The Kier molecular flexibility index (Phi) is 4.45. The SMILES string of the molecule is COc1ccc2c(c1)C(N)C(N(C)CCN(C)C)C2. The molecule has 0 amide bonds. The molecule has 106 valence electrons. The van der Waals surface area contributed by atoms with E-state index in [9.17, 15) is 0 Å². The molecule has 2 rings (SSSR count). The van der Waals surface area contributed by atoms with Gasteiger partial charge in [-0.05, 0) is 50.8 Å². The maximum atomic E-state index is 6.41. The predicted molar refractivity (Wildman–Crippen MR) is 78.6 cm³/mol. The summed E-state index contributed by atoms with van der Waals surface area (Å²) in [4.78, 5) is 4.57. The Bertz CT molecular complexity index is 433. The molecule has 4 heteroatoms. The third-order valence-corrected chi connectivity index (χ3v) is 4.02. The Labute approximate surface area is 116 Å². The van der Waals surface area contributed by atoms with Gasteiger partial charge in [-0.3, -0.25) is 4.90 Å². The number of nitrogens with two attached hydrogens (primary N) is 1. The molecule has 1 aliphatic rings. The van der Waals surface area contributed by atoms with Crippen molar-refractivity contribution in [3.63, 3.8) is 0 Å². The lowest BCUT2D eigenvalue weighted by Crippen LogP contribution is -2.41. The first-order valence-electron chi connectivity index (χ1n) is 6.80. The van der Waals surface area contributed by atoms with Crippen LogP contribution in [-0.2, 0) is 6.42 Å². The van der Waals surface area contributed by atoms with Crippen LogP contribution in [0.15, 0.2) is 18.2 Å². The number of likely N-dealkylation sites (N-methyl/N-ethyl adjacent to an activating group) is 2. The standard InChI is InChI=1S/C15H25N3O/c1-17(2)7-8-18(3)14-9-11-5-6-12(19-4)10-13(11)15(14)16/h5-6,10,14-15H,7-9,16H2,1-4H3. The summed E-state index contributed by atoms with van der Waals surface area (Å²) in [6.07, 6.45) is 1.03. The van der Waals surface area contributed by atoms with E-state index in [1.807, 2.05) is 6.07 Å². The zero-order valence-electron chi connectivity index (χ0n) is 12.4. The first-order valence-corrected chi connectivity index (χ1v) is 6.80. The average molecular weight is 263 g/mol. The maximum absolute atomic E-state index is 6.41. The van der Waals surface area contributed by atoms with E-state index >= 15 is 0 Å². The molecule has 0 fully saturated rings. The molecule has 0 aromatic heterocycles. The molecule has 0 aliphatic heterocycles. The minimum Gasteiger partial charge on any atom is -0.497 e. The lowest BCUT2D eigenvalue weighted by atomic mass is 10.1. The topological polar surface area (TPSA) is 41.7 Å². The Morgan fingerprint density at radius 2 is 2.00 bits per heavy atom. The van der Waals surface area contributed by atoms with Crippen molar-refractivity contribution in [3.8, 4) is 5.75 Å². The average Bonchev–Trinajstić information content (AvgIpc) is 2.73. The number of fused-ring (bicyclic) bond motifs is 1. The van der Waals surface area contributed by atoms with Gasteiger partial charge in [0.2, 0.25) is 0 Å². The molecule has 0 saturated heterocycles. The summed E-state index contributed by atoms with van der Waals surface area (Å²) < 4.78 is 5.29. The van der Waals surface area contributed by atoms with Gasteiger partial charge in [0.05, 0.1) is 7.11 Å². The lowest BCUT2D eigenvalue weighted by Gasteiger charge is -2.28. The van der Waals surface area contributed by atoms with Gasteiger partial charge in [0.15, 0.2) is 0 Å². The number of methoxy groups -OCH3 is 1.